The Bertz CT molecular complexity index is 1250. The van der Waals surface area contributed by atoms with Crippen molar-refractivity contribution in [2.24, 2.45) is 0 Å². The molecule has 6 nitrogen and oxygen atoms in total. The summed E-state index contributed by atoms with van der Waals surface area (Å²) in [4.78, 5) is 25.5. The van der Waals surface area contributed by atoms with E-state index < -0.39 is 33.9 Å². The van der Waals surface area contributed by atoms with E-state index in [1.165, 1.54) is 48.5 Å². The zero-order valence-electron chi connectivity index (χ0n) is 16.1. The topological polar surface area (TPSA) is 85.2 Å². The molecule has 31 heavy (non-hydrogen) atoms. The lowest BCUT2D eigenvalue weighted by molar-refractivity contribution is -0.137. The van der Waals surface area contributed by atoms with Gasteiger partial charge < -0.3 is 5.32 Å². The van der Waals surface area contributed by atoms with Crippen LogP contribution in [-0.2, 0) is 22.6 Å². The lowest BCUT2D eigenvalue weighted by Gasteiger charge is -2.14. The first-order valence-electron chi connectivity index (χ1n) is 8.98. The summed E-state index contributed by atoms with van der Waals surface area (Å²) in [6.45, 7) is 1.54. The number of anilines is 1. The maximum absolute atomic E-state index is 13.0. The first-order valence-corrected chi connectivity index (χ1v) is 10.3. The number of amides is 1. The van der Waals surface area contributed by atoms with Crippen LogP contribution in [0.2, 0.25) is 0 Å². The van der Waals surface area contributed by atoms with Crippen LogP contribution in [0.3, 0.4) is 0 Å². The molecule has 0 saturated carbocycles. The number of rotatable bonds is 5. The highest BCUT2D eigenvalue weighted by Crippen LogP contribution is 2.30. The number of nitrogens with one attached hydrogen (secondary N) is 1. The first kappa shape index (κ1) is 22.3. The zero-order valence-corrected chi connectivity index (χ0v) is 17.0. The van der Waals surface area contributed by atoms with Crippen molar-refractivity contribution < 1.29 is 26.4 Å². The first-order chi connectivity index (χ1) is 14.6. The van der Waals surface area contributed by atoms with Gasteiger partial charge in [0.1, 0.15) is 16.3 Å². The minimum atomic E-state index is -4.58. The van der Waals surface area contributed by atoms with E-state index in [4.69, 9.17) is 0 Å². The molecule has 3 rings (SSSR count). The summed E-state index contributed by atoms with van der Waals surface area (Å²) in [6, 6.07) is 13.1. The maximum Gasteiger partial charge on any atom is 0.416 e. The van der Waals surface area contributed by atoms with Crippen LogP contribution >= 0.6 is 0 Å². The van der Waals surface area contributed by atoms with E-state index >= 15 is 0 Å². The Morgan fingerprint density at radius 3 is 2.32 bits per heavy atom. The summed E-state index contributed by atoms with van der Waals surface area (Å²) < 4.78 is 61.7. The van der Waals surface area contributed by atoms with E-state index in [-0.39, 0.29) is 17.0 Å². The van der Waals surface area contributed by atoms with Crippen molar-refractivity contribution >= 4 is 22.3 Å². The third-order valence-electron chi connectivity index (χ3n) is 4.48. The number of carbonyl (C=O) groups is 1. The third-order valence-corrected chi connectivity index (χ3v) is 5.10. The van der Waals surface area contributed by atoms with Gasteiger partial charge in [-0.05, 0) is 55.0 Å². The molecule has 2 aromatic carbocycles. The summed E-state index contributed by atoms with van der Waals surface area (Å²) in [6.07, 6.45) is -4.58. The number of aromatic nitrogens is 1. The van der Waals surface area contributed by atoms with Crippen LogP contribution in [-0.4, -0.2) is 18.9 Å². The molecule has 0 saturated heterocycles. The van der Waals surface area contributed by atoms with E-state index in [2.05, 4.69) is 5.32 Å². The Morgan fingerprint density at radius 2 is 1.71 bits per heavy atom. The quantitative estimate of drug-likeness (QED) is 0.583. The highest BCUT2D eigenvalue weighted by atomic mass is 32.2. The van der Waals surface area contributed by atoms with Crippen molar-refractivity contribution in [2.75, 3.05) is 5.32 Å². The maximum atomic E-state index is 13.0. The number of alkyl halides is 3. The van der Waals surface area contributed by atoms with Gasteiger partial charge >= 0.3 is 6.18 Å². The molecule has 0 spiro atoms. The molecule has 1 amide bonds. The summed E-state index contributed by atoms with van der Waals surface area (Å²) in [5, 5.41) is 2.53. The van der Waals surface area contributed by atoms with Crippen molar-refractivity contribution in [3.05, 3.63) is 93.4 Å². The second-order valence-electron chi connectivity index (χ2n) is 6.72. The molecule has 0 unspecified atom stereocenters. The van der Waals surface area contributed by atoms with Gasteiger partial charge in [-0.1, -0.05) is 18.2 Å². The molecule has 0 bridgehead atoms. The van der Waals surface area contributed by atoms with Crippen LogP contribution in [0.4, 0.5) is 18.9 Å². The number of aryl methyl sites for hydroxylation is 1. The van der Waals surface area contributed by atoms with Gasteiger partial charge in [-0.2, -0.15) is 13.2 Å². The number of hydrogen-bond donors (Lipinski definition) is 2. The standard InChI is InChI=1S/C21H17F3N2O4S/c1-13-5-10-18(19(27)25-16-8-6-14(7-9-16)12-31(29)30)20(28)26(13)17-4-2-3-15(11-17)21(22,23)24/h2-11,31H,12H2,1H3,(H,25,27). The number of halogens is 3. The fraction of sp³-hybridized carbons (Fsp3) is 0.143. The van der Waals surface area contributed by atoms with Crippen LogP contribution in [0.1, 0.15) is 27.2 Å². The number of pyridine rings is 1. The Labute approximate surface area is 176 Å². The minimum absolute atomic E-state index is 0.0111. The van der Waals surface area contributed by atoms with Crippen molar-refractivity contribution in [3.8, 4) is 5.69 Å². The van der Waals surface area contributed by atoms with E-state index in [0.717, 1.165) is 16.7 Å². The SMILES string of the molecule is Cc1ccc(C(=O)Nc2ccc(C[SH](=O)=O)cc2)c(=O)n1-c1cccc(C(F)(F)F)c1. The molecule has 0 aliphatic rings. The number of nitrogens with zero attached hydrogens (tertiary/aromatic N) is 1. The zero-order chi connectivity index (χ0) is 22.8. The fourth-order valence-corrected chi connectivity index (χ4v) is 3.50. The van der Waals surface area contributed by atoms with Gasteiger partial charge in [-0.25, -0.2) is 8.42 Å². The van der Waals surface area contributed by atoms with Crippen LogP contribution in [0, 0.1) is 6.92 Å². The second-order valence-corrected chi connectivity index (χ2v) is 7.70. The largest absolute Gasteiger partial charge is 0.416 e. The second kappa shape index (κ2) is 8.76. The molecule has 3 aromatic rings. The summed E-state index contributed by atoms with van der Waals surface area (Å²) >= 11 is 0. The Morgan fingerprint density at radius 1 is 1.03 bits per heavy atom. The highest BCUT2D eigenvalue weighted by Gasteiger charge is 2.30. The molecule has 10 heteroatoms. The molecule has 1 aromatic heterocycles. The van der Waals surface area contributed by atoms with Gasteiger partial charge in [0.15, 0.2) is 0 Å². The van der Waals surface area contributed by atoms with Crippen molar-refractivity contribution in [2.45, 2.75) is 18.9 Å². The van der Waals surface area contributed by atoms with E-state index in [9.17, 15) is 31.2 Å². The molecule has 1 N–H and O–H groups in total. The summed E-state index contributed by atoms with van der Waals surface area (Å²) in [7, 11) is -2.58. The number of carbonyl (C=O) groups excluding carboxylic acids is 1. The van der Waals surface area contributed by atoms with Gasteiger partial charge in [-0.15, -0.1) is 0 Å². The monoisotopic (exact) mass is 450 g/mol. The van der Waals surface area contributed by atoms with E-state index in [1.54, 1.807) is 6.92 Å². The number of hydrogen-bond acceptors (Lipinski definition) is 4. The molecule has 0 aliphatic heterocycles. The average Bonchev–Trinajstić information content (AvgIpc) is 2.69. The molecule has 1 heterocycles. The van der Waals surface area contributed by atoms with Gasteiger partial charge in [0.2, 0.25) is 0 Å². The van der Waals surface area contributed by atoms with E-state index in [0.29, 0.717) is 16.9 Å². The van der Waals surface area contributed by atoms with E-state index in [1.807, 2.05) is 0 Å². The molecule has 0 aliphatic carbocycles. The van der Waals surface area contributed by atoms with Gasteiger partial charge in [0.25, 0.3) is 11.5 Å². The third kappa shape index (κ3) is 5.21. The summed E-state index contributed by atoms with van der Waals surface area (Å²) in [5.74, 6) is -0.878. The van der Waals surface area contributed by atoms with Crippen LogP contribution < -0.4 is 10.9 Å². The van der Waals surface area contributed by atoms with Crippen molar-refractivity contribution in [3.63, 3.8) is 0 Å². The van der Waals surface area contributed by atoms with Gasteiger partial charge in [-0.3, -0.25) is 14.2 Å². The molecule has 162 valence electrons. The lowest BCUT2D eigenvalue weighted by atomic mass is 10.1. The average molecular weight is 450 g/mol. The predicted molar refractivity (Wildman–Crippen MR) is 110 cm³/mol. The van der Waals surface area contributed by atoms with Crippen molar-refractivity contribution in [1.82, 2.24) is 4.57 Å². The minimum Gasteiger partial charge on any atom is -0.322 e. The van der Waals surface area contributed by atoms with Gasteiger partial charge in [0.05, 0.1) is 11.3 Å². The van der Waals surface area contributed by atoms with Gasteiger partial charge in [0, 0.05) is 17.1 Å². The normalized spacial score (nSPS) is 11.5. The lowest BCUT2D eigenvalue weighted by Crippen LogP contribution is -2.29. The smallest absolute Gasteiger partial charge is 0.322 e. The fourth-order valence-electron chi connectivity index (χ4n) is 2.99. The summed E-state index contributed by atoms with van der Waals surface area (Å²) in [5.41, 5.74) is -0.714. The molecule has 0 atom stereocenters. The Balaban J connectivity index is 1.94. The highest BCUT2D eigenvalue weighted by molar-refractivity contribution is 7.71. The molecule has 0 fully saturated rings. The van der Waals surface area contributed by atoms with Crippen molar-refractivity contribution in [1.29, 1.82) is 0 Å². The predicted octanol–water partition coefficient (Wildman–Crippen LogP) is 3.53. The molecular weight excluding hydrogens is 433 g/mol. The molecule has 0 radical (unpaired) electrons. The Hall–Kier alpha value is -3.40. The van der Waals surface area contributed by atoms with Crippen LogP contribution in [0.25, 0.3) is 5.69 Å². The number of thiol groups is 1. The van der Waals surface area contributed by atoms with Crippen LogP contribution in [0.5, 0.6) is 0 Å². The van der Waals surface area contributed by atoms with Crippen LogP contribution in [0.15, 0.2) is 65.5 Å². The number of benzene rings is 2. The molecular formula is C21H17F3N2O4S. The Kier molecular flexibility index (Phi) is 6.30.